The zero-order valence-electron chi connectivity index (χ0n) is 7.36. The number of ether oxygens (including phenoxy) is 1. The first-order chi connectivity index (χ1) is 4.42. The van der Waals surface area contributed by atoms with Crippen molar-refractivity contribution in [2.75, 3.05) is 21.2 Å². The molecule has 0 aliphatic heterocycles. The van der Waals surface area contributed by atoms with Crippen molar-refractivity contribution in [3.05, 3.63) is 0 Å². The van der Waals surface area contributed by atoms with Crippen LogP contribution in [0.4, 0.5) is 0 Å². The molecule has 0 saturated carbocycles. The van der Waals surface area contributed by atoms with Crippen LogP contribution in [0.15, 0.2) is 0 Å². The van der Waals surface area contributed by atoms with Gasteiger partial charge in [-0.25, -0.2) is 0 Å². The van der Waals surface area contributed by atoms with Crippen molar-refractivity contribution in [2.24, 2.45) is 0 Å². The number of nitrogens with one attached hydrogen (secondary N) is 1. The maximum atomic E-state index is 7.41. The van der Waals surface area contributed by atoms with Crippen LogP contribution in [0.3, 0.4) is 0 Å². The van der Waals surface area contributed by atoms with E-state index in [4.69, 9.17) is 10.1 Å². The minimum atomic E-state index is -0.297. The molecule has 0 bridgehead atoms. The molecular weight excluding hydrogens is 128 g/mol. The lowest BCUT2D eigenvalue weighted by Gasteiger charge is -2.31. The summed E-state index contributed by atoms with van der Waals surface area (Å²) in [6.07, 6.45) is 0. The minimum Gasteiger partial charge on any atom is -0.483 e. The van der Waals surface area contributed by atoms with Gasteiger partial charge < -0.3 is 4.74 Å². The predicted octanol–water partition coefficient (Wildman–Crippen LogP) is 0.950. The second-order valence-corrected chi connectivity index (χ2v) is 2.99. The standard InChI is InChI=1S/C7H16N2O/c1-7(2,9(3)4)6(8)10-5/h8H,1-5H3. The van der Waals surface area contributed by atoms with Gasteiger partial charge in [-0.3, -0.25) is 10.3 Å². The second-order valence-electron chi connectivity index (χ2n) is 2.99. The van der Waals surface area contributed by atoms with Crippen LogP contribution in [0.25, 0.3) is 0 Å². The Morgan fingerprint density at radius 2 is 1.80 bits per heavy atom. The van der Waals surface area contributed by atoms with E-state index in [0.717, 1.165) is 0 Å². The number of methoxy groups -OCH3 is 1. The predicted molar refractivity (Wildman–Crippen MR) is 42.5 cm³/mol. The van der Waals surface area contributed by atoms with Crippen LogP contribution in [-0.2, 0) is 4.74 Å². The number of hydrogen-bond acceptors (Lipinski definition) is 3. The van der Waals surface area contributed by atoms with Gasteiger partial charge in [0.05, 0.1) is 12.6 Å². The van der Waals surface area contributed by atoms with Crippen LogP contribution in [0, 0.1) is 5.41 Å². The van der Waals surface area contributed by atoms with Crippen LogP contribution in [0.2, 0.25) is 0 Å². The highest BCUT2D eigenvalue weighted by Crippen LogP contribution is 2.11. The van der Waals surface area contributed by atoms with Gasteiger partial charge in [-0.15, -0.1) is 0 Å². The summed E-state index contributed by atoms with van der Waals surface area (Å²) in [6, 6.07) is 0. The summed E-state index contributed by atoms with van der Waals surface area (Å²) < 4.78 is 4.82. The fourth-order valence-electron chi connectivity index (χ4n) is 0.453. The molecule has 0 aliphatic carbocycles. The summed E-state index contributed by atoms with van der Waals surface area (Å²) in [7, 11) is 5.37. The zero-order chi connectivity index (χ0) is 8.36. The van der Waals surface area contributed by atoms with Crippen molar-refractivity contribution in [1.82, 2.24) is 4.90 Å². The van der Waals surface area contributed by atoms with E-state index in [1.54, 1.807) is 0 Å². The van der Waals surface area contributed by atoms with Crippen LogP contribution in [0.5, 0.6) is 0 Å². The fourth-order valence-corrected chi connectivity index (χ4v) is 0.453. The highest BCUT2D eigenvalue weighted by Gasteiger charge is 2.26. The van der Waals surface area contributed by atoms with Crippen molar-refractivity contribution in [2.45, 2.75) is 19.4 Å². The average Bonchev–Trinajstić information content (AvgIpc) is 1.86. The van der Waals surface area contributed by atoms with Crippen LogP contribution in [0.1, 0.15) is 13.8 Å². The molecule has 0 aromatic carbocycles. The molecule has 0 amide bonds. The normalized spacial score (nSPS) is 11.8. The van der Waals surface area contributed by atoms with Gasteiger partial charge in [0.15, 0.2) is 0 Å². The first-order valence-corrected chi connectivity index (χ1v) is 3.23. The van der Waals surface area contributed by atoms with Crippen LogP contribution < -0.4 is 0 Å². The quantitative estimate of drug-likeness (QED) is 0.462. The Kier molecular flexibility index (Phi) is 2.84. The molecule has 0 atom stereocenters. The topological polar surface area (TPSA) is 36.3 Å². The highest BCUT2D eigenvalue weighted by atomic mass is 16.5. The zero-order valence-corrected chi connectivity index (χ0v) is 7.36. The Hall–Kier alpha value is -0.570. The molecule has 0 aromatic rings. The van der Waals surface area contributed by atoms with Crippen molar-refractivity contribution in [3.63, 3.8) is 0 Å². The van der Waals surface area contributed by atoms with Crippen molar-refractivity contribution < 1.29 is 4.74 Å². The van der Waals surface area contributed by atoms with E-state index < -0.39 is 0 Å². The van der Waals surface area contributed by atoms with E-state index >= 15 is 0 Å². The first kappa shape index (κ1) is 9.43. The molecule has 0 heterocycles. The Balaban J connectivity index is 4.24. The molecular formula is C7H16N2O. The maximum Gasteiger partial charge on any atom is 0.200 e. The molecule has 0 radical (unpaired) electrons. The molecule has 0 saturated heterocycles. The van der Waals surface area contributed by atoms with Crippen LogP contribution in [-0.4, -0.2) is 37.5 Å². The molecule has 10 heavy (non-hydrogen) atoms. The Bertz CT molecular complexity index is 130. The number of nitrogens with zero attached hydrogens (tertiary/aromatic N) is 1. The third-order valence-corrected chi connectivity index (χ3v) is 1.88. The number of hydrogen-bond donors (Lipinski definition) is 1. The molecule has 0 rings (SSSR count). The SMILES string of the molecule is COC(=N)C(C)(C)N(C)C. The van der Waals surface area contributed by atoms with E-state index in [0.29, 0.717) is 0 Å². The van der Waals surface area contributed by atoms with Gasteiger partial charge in [0, 0.05) is 0 Å². The van der Waals surface area contributed by atoms with Crippen molar-refractivity contribution >= 4 is 5.90 Å². The summed E-state index contributed by atoms with van der Waals surface area (Å²) >= 11 is 0. The van der Waals surface area contributed by atoms with E-state index in [1.165, 1.54) is 7.11 Å². The lowest BCUT2D eigenvalue weighted by atomic mass is 10.0. The summed E-state index contributed by atoms with van der Waals surface area (Å²) in [5.41, 5.74) is -0.297. The molecule has 0 aliphatic rings. The van der Waals surface area contributed by atoms with Gasteiger partial charge >= 0.3 is 0 Å². The lowest BCUT2D eigenvalue weighted by molar-refractivity contribution is 0.221. The van der Waals surface area contributed by atoms with Crippen molar-refractivity contribution in [3.8, 4) is 0 Å². The maximum absolute atomic E-state index is 7.41. The molecule has 0 spiro atoms. The highest BCUT2D eigenvalue weighted by molar-refractivity contribution is 5.82. The van der Waals surface area contributed by atoms with Gasteiger partial charge in [-0.1, -0.05) is 0 Å². The molecule has 0 aromatic heterocycles. The number of rotatable bonds is 2. The van der Waals surface area contributed by atoms with Gasteiger partial charge in [0.25, 0.3) is 0 Å². The summed E-state index contributed by atoms with van der Waals surface area (Å²) in [6.45, 7) is 3.89. The van der Waals surface area contributed by atoms with Crippen LogP contribution >= 0.6 is 0 Å². The Morgan fingerprint density at radius 3 is 1.90 bits per heavy atom. The summed E-state index contributed by atoms with van der Waals surface area (Å²) in [4.78, 5) is 1.94. The van der Waals surface area contributed by atoms with E-state index in [1.807, 2.05) is 32.8 Å². The van der Waals surface area contributed by atoms with E-state index in [2.05, 4.69) is 0 Å². The molecule has 0 unspecified atom stereocenters. The Labute approximate surface area is 62.5 Å². The summed E-state index contributed by atoms with van der Waals surface area (Å²) in [5.74, 6) is 0.289. The molecule has 3 nitrogen and oxygen atoms in total. The smallest absolute Gasteiger partial charge is 0.200 e. The van der Waals surface area contributed by atoms with E-state index in [-0.39, 0.29) is 11.4 Å². The second kappa shape index (κ2) is 3.01. The lowest BCUT2D eigenvalue weighted by Crippen LogP contribution is -2.45. The monoisotopic (exact) mass is 144 g/mol. The molecule has 3 heteroatoms. The summed E-state index contributed by atoms with van der Waals surface area (Å²) in [5, 5.41) is 7.41. The van der Waals surface area contributed by atoms with Gasteiger partial charge in [-0.2, -0.15) is 0 Å². The van der Waals surface area contributed by atoms with Crippen molar-refractivity contribution in [1.29, 1.82) is 5.41 Å². The fraction of sp³-hybridized carbons (Fsp3) is 0.857. The first-order valence-electron chi connectivity index (χ1n) is 3.23. The average molecular weight is 144 g/mol. The largest absolute Gasteiger partial charge is 0.483 e. The third kappa shape index (κ3) is 1.70. The van der Waals surface area contributed by atoms with E-state index in [9.17, 15) is 0 Å². The van der Waals surface area contributed by atoms with Gasteiger partial charge in [0.2, 0.25) is 5.90 Å². The molecule has 0 fully saturated rings. The third-order valence-electron chi connectivity index (χ3n) is 1.88. The Morgan fingerprint density at radius 1 is 1.40 bits per heavy atom. The number of likely N-dealkylation sites (N-methyl/N-ethyl adjacent to an activating group) is 1. The molecule has 1 N–H and O–H groups in total. The molecule has 60 valence electrons. The van der Waals surface area contributed by atoms with Gasteiger partial charge in [0.1, 0.15) is 0 Å². The van der Waals surface area contributed by atoms with Gasteiger partial charge in [-0.05, 0) is 27.9 Å². The minimum absolute atomic E-state index is 0.289.